The number of aliphatic carboxylic acids is 1. The predicted octanol–water partition coefficient (Wildman–Crippen LogP) is 3.21. The number of benzene rings is 1. The van der Waals surface area contributed by atoms with Crippen molar-refractivity contribution in [2.75, 3.05) is 19.7 Å². The Hall–Kier alpha value is -2.30. The molecule has 1 aromatic carbocycles. The second-order valence-corrected chi connectivity index (χ2v) is 6.58. The van der Waals surface area contributed by atoms with Gasteiger partial charge in [-0.1, -0.05) is 18.6 Å². The largest absolute Gasteiger partial charge is 0.490 e. The van der Waals surface area contributed by atoms with Gasteiger partial charge in [0.05, 0.1) is 5.92 Å². The first kappa shape index (κ1) is 18.0. The molecule has 1 N–H and O–H groups in total. The molecule has 130 valence electrons. The summed E-state index contributed by atoms with van der Waals surface area (Å²) in [6.07, 6.45) is 2.48. The van der Waals surface area contributed by atoms with E-state index in [2.05, 4.69) is 0 Å². The molecule has 1 aliphatic heterocycles. The minimum absolute atomic E-state index is 0.0442. The van der Waals surface area contributed by atoms with Gasteiger partial charge in [-0.15, -0.1) is 0 Å². The van der Waals surface area contributed by atoms with Gasteiger partial charge in [0.2, 0.25) is 0 Å². The van der Waals surface area contributed by atoms with E-state index in [1.807, 2.05) is 32.9 Å². The molecule has 1 aromatic rings. The van der Waals surface area contributed by atoms with E-state index in [4.69, 9.17) is 4.74 Å². The summed E-state index contributed by atoms with van der Waals surface area (Å²) < 4.78 is 5.64. The number of likely N-dealkylation sites (tertiary alicyclic amines) is 1. The number of nitrogens with zero attached hydrogens (tertiary/aromatic N) is 1. The van der Waals surface area contributed by atoms with Crippen molar-refractivity contribution in [3.8, 4) is 5.75 Å². The summed E-state index contributed by atoms with van der Waals surface area (Å²) in [5.74, 6) is -0.598. The Kier molecular flexibility index (Phi) is 6.01. The number of carboxylic acid groups (broad SMARTS) is 1. The number of hydrogen-bond donors (Lipinski definition) is 1. The zero-order valence-electron chi connectivity index (χ0n) is 14.5. The molecule has 1 saturated heterocycles. The predicted molar refractivity (Wildman–Crippen MR) is 92.2 cm³/mol. The molecular weight excluding hydrogens is 306 g/mol. The van der Waals surface area contributed by atoms with E-state index in [-0.39, 0.29) is 17.7 Å². The molecule has 2 atom stereocenters. The van der Waals surface area contributed by atoms with Crippen LogP contribution < -0.4 is 4.74 Å². The highest BCUT2D eigenvalue weighted by Gasteiger charge is 2.33. The SMILES string of the molecule is CC(C)=CCOc1cccc(C(=O)N2CCC(C(=O)O)C(C)C2)c1. The van der Waals surface area contributed by atoms with Crippen LogP contribution in [0.2, 0.25) is 0 Å². The van der Waals surface area contributed by atoms with E-state index in [0.29, 0.717) is 37.4 Å². The lowest BCUT2D eigenvalue weighted by atomic mass is 9.87. The molecule has 1 aliphatic rings. The molecular formula is C19H25NO4. The summed E-state index contributed by atoms with van der Waals surface area (Å²) >= 11 is 0. The van der Waals surface area contributed by atoms with Gasteiger partial charge in [-0.25, -0.2) is 0 Å². The molecule has 1 amide bonds. The van der Waals surface area contributed by atoms with E-state index < -0.39 is 5.97 Å². The van der Waals surface area contributed by atoms with E-state index >= 15 is 0 Å². The maximum absolute atomic E-state index is 12.7. The summed E-state index contributed by atoms with van der Waals surface area (Å²) in [5.41, 5.74) is 1.75. The topological polar surface area (TPSA) is 66.8 Å². The third-order valence-electron chi connectivity index (χ3n) is 4.33. The normalized spacial score (nSPS) is 20.4. The smallest absolute Gasteiger partial charge is 0.306 e. The van der Waals surface area contributed by atoms with Gasteiger partial charge < -0.3 is 14.7 Å². The molecule has 1 fully saturated rings. The van der Waals surface area contributed by atoms with Crippen LogP contribution in [-0.4, -0.2) is 41.6 Å². The van der Waals surface area contributed by atoms with E-state index in [0.717, 1.165) is 0 Å². The maximum Gasteiger partial charge on any atom is 0.306 e. The van der Waals surface area contributed by atoms with Gasteiger partial charge in [-0.3, -0.25) is 9.59 Å². The van der Waals surface area contributed by atoms with Gasteiger partial charge in [0.15, 0.2) is 0 Å². The Bertz CT molecular complexity index is 634. The van der Waals surface area contributed by atoms with Crippen molar-refractivity contribution in [2.24, 2.45) is 11.8 Å². The summed E-state index contributed by atoms with van der Waals surface area (Å²) in [5, 5.41) is 9.18. The molecule has 0 bridgehead atoms. The number of carboxylic acids is 1. The van der Waals surface area contributed by atoms with Crippen molar-refractivity contribution < 1.29 is 19.4 Å². The van der Waals surface area contributed by atoms with Crippen LogP contribution in [0.5, 0.6) is 5.75 Å². The standard InChI is InChI=1S/C19H25NO4/c1-13(2)8-10-24-16-6-4-5-15(11-16)18(21)20-9-7-17(19(22)23)14(3)12-20/h4-6,8,11,14,17H,7,9-10,12H2,1-3H3,(H,22,23). The quantitative estimate of drug-likeness (QED) is 0.841. The van der Waals surface area contributed by atoms with Gasteiger partial charge in [0, 0.05) is 18.7 Å². The minimum atomic E-state index is -0.774. The number of rotatable bonds is 5. The monoisotopic (exact) mass is 331 g/mol. The fourth-order valence-corrected chi connectivity index (χ4v) is 2.90. The van der Waals surface area contributed by atoms with Crippen molar-refractivity contribution >= 4 is 11.9 Å². The summed E-state index contributed by atoms with van der Waals surface area (Å²) in [4.78, 5) is 25.6. The van der Waals surface area contributed by atoms with E-state index in [1.165, 1.54) is 5.57 Å². The fraction of sp³-hybridized carbons (Fsp3) is 0.474. The first-order valence-corrected chi connectivity index (χ1v) is 8.26. The Morgan fingerprint density at radius 3 is 2.75 bits per heavy atom. The number of allylic oxidation sites excluding steroid dienone is 1. The van der Waals surface area contributed by atoms with Gasteiger partial charge in [-0.2, -0.15) is 0 Å². The molecule has 0 spiro atoms. The summed E-state index contributed by atoms with van der Waals surface area (Å²) in [7, 11) is 0. The molecule has 5 heteroatoms. The molecule has 0 aliphatic carbocycles. The summed E-state index contributed by atoms with van der Waals surface area (Å²) in [6.45, 7) is 7.32. The van der Waals surface area contributed by atoms with Crippen LogP contribution in [0, 0.1) is 11.8 Å². The molecule has 5 nitrogen and oxygen atoms in total. The number of hydrogen-bond acceptors (Lipinski definition) is 3. The highest BCUT2D eigenvalue weighted by molar-refractivity contribution is 5.94. The van der Waals surface area contributed by atoms with Crippen LogP contribution in [0.25, 0.3) is 0 Å². The lowest BCUT2D eigenvalue weighted by Gasteiger charge is -2.35. The Morgan fingerprint density at radius 1 is 1.38 bits per heavy atom. The van der Waals surface area contributed by atoms with Crippen LogP contribution in [0.4, 0.5) is 0 Å². The maximum atomic E-state index is 12.7. The molecule has 0 saturated carbocycles. The number of ether oxygens (including phenoxy) is 1. The Balaban J connectivity index is 2.02. The fourth-order valence-electron chi connectivity index (χ4n) is 2.90. The lowest BCUT2D eigenvalue weighted by Crippen LogP contribution is -2.45. The van der Waals surface area contributed by atoms with Crippen LogP contribution in [0.1, 0.15) is 37.6 Å². The second kappa shape index (κ2) is 7.99. The van der Waals surface area contributed by atoms with Crippen LogP contribution in [0.15, 0.2) is 35.9 Å². The number of piperidine rings is 1. The number of carbonyl (C=O) groups excluding carboxylic acids is 1. The first-order valence-electron chi connectivity index (χ1n) is 8.26. The van der Waals surface area contributed by atoms with Crippen molar-refractivity contribution in [3.63, 3.8) is 0 Å². The van der Waals surface area contributed by atoms with E-state index in [9.17, 15) is 14.7 Å². The van der Waals surface area contributed by atoms with Crippen molar-refractivity contribution in [3.05, 3.63) is 41.5 Å². The molecule has 2 unspecified atom stereocenters. The Morgan fingerprint density at radius 2 is 2.12 bits per heavy atom. The third-order valence-corrected chi connectivity index (χ3v) is 4.33. The van der Waals surface area contributed by atoms with Gasteiger partial charge in [0.1, 0.15) is 12.4 Å². The highest BCUT2D eigenvalue weighted by Crippen LogP contribution is 2.25. The summed E-state index contributed by atoms with van der Waals surface area (Å²) in [6, 6.07) is 7.15. The number of amides is 1. The Labute approximate surface area is 142 Å². The molecule has 0 aromatic heterocycles. The first-order chi connectivity index (χ1) is 11.4. The lowest BCUT2D eigenvalue weighted by molar-refractivity contribution is -0.145. The van der Waals surface area contributed by atoms with Crippen molar-refractivity contribution in [2.45, 2.75) is 27.2 Å². The van der Waals surface area contributed by atoms with Crippen LogP contribution in [-0.2, 0) is 4.79 Å². The van der Waals surface area contributed by atoms with Gasteiger partial charge in [-0.05, 0) is 50.5 Å². The van der Waals surface area contributed by atoms with Gasteiger partial charge >= 0.3 is 5.97 Å². The molecule has 24 heavy (non-hydrogen) atoms. The van der Waals surface area contributed by atoms with Gasteiger partial charge in [0.25, 0.3) is 5.91 Å². The zero-order valence-corrected chi connectivity index (χ0v) is 14.5. The average molecular weight is 331 g/mol. The van der Waals surface area contributed by atoms with Crippen LogP contribution in [0.3, 0.4) is 0 Å². The van der Waals surface area contributed by atoms with Crippen molar-refractivity contribution in [1.29, 1.82) is 0 Å². The van der Waals surface area contributed by atoms with E-state index in [1.54, 1.807) is 23.1 Å². The zero-order chi connectivity index (χ0) is 17.7. The molecule has 2 rings (SSSR count). The van der Waals surface area contributed by atoms with Crippen molar-refractivity contribution in [1.82, 2.24) is 4.90 Å². The minimum Gasteiger partial charge on any atom is -0.490 e. The molecule has 1 heterocycles. The average Bonchev–Trinajstić information content (AvgIpc) is 2.53. The van der Waals surface area contributed by atoms with Crippen LogP contribution >= 0.6 is 0 Å². The second-order valence-electron chi connectivity index (χ2n) is 6.58. The highest BCUT2D eigenvalue weighted by atomic mass is 16.5. The number of carbonyl (C=O) groups is 2. The third kappa shape index (κ3) is 4.60. The molecule has 0 radical (unpaired) electrons.